The molecule has 1 atom stereocenters. The number of rotatable bonds is 7. The second-order valence-electron chi connectivity index (χ2n) is 7.05. The number of carbonyl (C=O) groups is 2. The number of hydrogen-bond acceptors (Lipinski definition) is 7. The molecule has 2 fully saturated rings. The number of benzene rings is 1. The third-order valence-electron chi connectivity index (χ3n) is 5.18. The minimum absolute atomic E-state index is 0.0371. The molecule has 0 spiro atoms. The van der Waals surface area contributed by atoms with Crippen LogP contribution in [0, 0.1) is 0 Å². The quantitative estimate of drug-likeness (QED) is 0.560. The van der Waals surface area contributed by atoms with Gasteiger partial charge in [-0.2, -0.15) is 4.72 Å². The number of nitrogens with two attached hydrogens (primary N) is 1. The fourth-order valence-corrected chi connectivity index (χ4v) is 5.17. The molecule has 2 aliphatic heterocycles. The Bertz CT molecular complexity index is 885. The maximum atomic E-state index is 13.2. The van der Waals surface area contributed by atoms with Gasteiger partial charge in [0.1, 0.15) is 12.6 Å². The van der Waals surface area contributed by atoms with Crippen molar-refractivity contribution in [2.24, 2.45) is 5.73 Å². The molecular weight excluding hydrogens is 412 g/mol. The highest BCUT2D eigenvalue weighted by Gasteiger charge is 2.32. The summed E-state index contributed by atoms with van der Waals surface area (Å²) in [5, 5.41) is 0. The van der Waals surface area contributed by atoms with Crippen molar-refractivity contribution < 1.29 is 27.5 Å². The van der Waals surface area contributed by atoms with Gasteiger partial charge in [0.05, 0.1) is 24.7 Å². The van der Waals surface area contributed by atoms with Gasteiger partial charge in [-0.1, -0.05) is 13.0 Å². The van der Waals surface area contributed by atoms with Crippen molar-refractivity contribution in [1.82, 2.24) is 9.62 Å². The van der Waals surface area contributed by atoms with Crippen LogP contribution in [0.5, 0.6) is 0 Å². The summed E-state index contributed by atoms with van der Waals surface area (Å²) in [6.45, 7) is 3.95. The number of carbonyl (C=O) groups excluding carboxylic acids is 2. The summed E-state index contributed by atoms with van der Waals surface area (Å²) >= 11 is 0. The van der Waals surface area contributed by atoms with Gasteiger partial charge in [0.25, 0.3) is 5.91 Å². The topological polar surface area (TPSA) is 131 Å². The van der Waals surface area contributed by atoms with Gasteiger partial charge in [-0.3, -0.25) is 9.59 Å². The van der Waals surface area contributed by atoms with Gasteiger partial charge in [-0.05, 0) is 24.1 Å². The number of ether oxygens (including phenoxy) is 2. The van der Waals surface area contributed by atoms with Crippen LogP contribution >= 0.6 is 0 Å². The van der Waals surface area contributed by atoms with Crippen LogP contribution in [0.25, 0.3) is 0 Å². The third-order valence-corrected chi connectivity index (χ3v) is 6.74. The summed E-state index contributed by atoms with van der Waals surface area (Å²) < 4.78 is 39.3. The Labute approximate surface area is 176 Å². The molecule has 0 aromatic heterocycles. The normalized spacial score (nSPS) is 19.1. The molecule has 0 saturated carbocycles. The smallest absolute Gasteiger partial charge is 0.253 e. The van der Waals surface area contributed by atoms with Crippen molar-refractivity contribution in [2.75, 3.05) is 57.5 Å². The van der Waals surface area contributed by atoms with E-state index in [2.05, 4.69) is 4.72 Å². The maximum Gasteiger partial charge on any atom is 0.253 e. The Morgan fingerprint density at radius 3 is 2.53 bits per heavy atom. The zero-order valence-corrected chi connectivity index (χ0v) is 17.8. The van der Waals surface area contributed by atoms with Crippen LogP contribution in [0.1, 0.15) is 12.5 Å². The molecule has 30 heavy (non-hydrogen) atoms. The predicted octanol–water partition coefficient (Wildman–Crippen LogP) is -0.923. The van der Waals surface area contributed by atoms with Crippen LogP contribution in [0.3, 0.4) is 0 Å². The van der Waals surface area contributed by atoms with Gasteiger partial charge >= 0.3 is 0 Å². The van der Waals surface area contributed by atoms with Crippen molar-refractivity contribution in [3.8, 4) is 0 Å². The molecule has 1 aromatic carbocycles. The summed E-state index contributed by atoms with van der Waals surface area (Å²) in [6.07, 6.45) is 0.391. The van der Waals surface area contributed by atoms with E-state index in [9.17, 15) is 18.0 Å². The minimum atomic E-state index is -4.05. The van der Waals surface area contributed by atoms with Gasteiger partial charge in [0.15, 0.2) is 0 Å². The van der Waals surface area contributed by atoms with Crippen LogP contribution in [0.2, 0.25) is 0 Å². The van der Waals surface area contributed by atoms with Gasteiger partial charge < -0.3 is 25.0 Å². The number of sulfonamides is 1. The summed E-state index contributed by atoms with van der Waals surface area (Å²) in [5.74, 6) is -0.595. The van der Waals surface area contributed by atoms with E-state index < -0.39 is 16.1 Å². The Hall–Kier alpha value is -2.05. The molecule has 10 nitrogen and oxygen atoms in total. The molecule has 2 heterocycles. The number of nitrogens with zero attached hydrogens (tertiary/aromatic N) is 2. The lowest BCUT2D eigenvalue weighted by Crippen LogP contribution is -2.54. The van der Waals surface area contributed by atoms with Crippen molar-refractivity contribution >= 4 is 27.5 Å². The largest absolute Gasteiger partial charge is 0.378 e. The fraction of sp³-hybridized carbons (Fsp3) is 0.579. The zero-order chi connectivity index (χ0) is 21.7. The first-order valence-electron chi connectivity index (χ1n) is 9.98. The van der Waals surface area contributed by atoms with Crippen LogP contribution in [0.4, 0.5) is 5.69 Å². The Balaban J connectivity index is 1.88. The Morgan fingerprint density at radius 1 is 1.20 bits per heavy atom. The van der Waals surface area contributed by atoms with E-state index in [4.69, 9.17) is 15.2 Å². The van der Waals surface area contributed by atoms with Gasteiger partial charge in [0, 0.05) is 31.9 Å². The molecule has 2 aliphatic rings. The highest BCUT2D eigenvalue weighted by Crippen LogP contribution is 2.29. The molecule has 11 heteroatoms. The summed E-state index contributed by atoms with van der Waals surface area (Å²) in [7, 11) is -4.05. The number of morpholine rings is 2. The van der Waals surface area contributed by atoms with Gasteiger partial charge in [-0.25, -0.2) is 8.42 Å². The van der Waals surface area contributed by atoms with E-state index in [1.165, 1.54) is 6.07 Å². The van der Waals surface area contributed by atoms with Crippen molar-refractivity contribution in [3.63, 3.8) is 0 Å². The first-order chi connectivity index (χ1) is 14.4. The highest BCUT2D eigenvalue weighted by molar-refractivity contribution is 7.89. The minimum Gasteiger partial charge on any atom is -0.378 e. The van der Waals surface area contributed by atoms with E-state index in [1.54, 1.807) is 21.9 Å². The average molecular weight is 441 g/mol. The molecule has 0 bridgehead atoms. The lowest BCUT2D eigenvalue weighted by atomic mass is 10.1. The highest BCUT2D eigenvalue weighted by atomic mass is 32.2. The van der Waals surface area contributed by atoms with Crippen LogP contribution < -0.4 is 15.4 Å². The zero-order valence-electron chi connectivity index (χ0n) is 17.0. The molecule has 2 amide bonds. The summed E-state index contributed by atoms with van der Waals surface area (Å²) in [5.41, 5.74) is 6.78. The Morgan fingerprint density at radius 2 is 1.90 bits per heavy atom. The van der Waals surface area contributed by atoms with E-state index in [0.717, 1.165) is 0 Å². The third kappa shape index (κ3) is 4.81. The predicted molar refractivity (Wildman–Crippen MR) is 110 cm³/mol. The van der Waals surface area contributed by atoms with Gasteiger partial charge in [0.2, 0.25) is 15.9 Å². The Kier molecular flexibility index (Phi) is 7.42. The lowest BCUT2D eigenvalue weighted by molar-refractivity contribution is -0.136. The van der Waals surface area contributed by atoms with E-state index in [1.807, 2.05) is 6.92 Å². The van der Waals surface area contributed by atoms with Gasteiger partial charge in [-0.15, -0.1) is 0 Å². The monoisotopic (exact) mass is 440 g/mol. The number of nitrogens with one attached hydrogen (secondary N) is 1. The molecule has 3 rings (SSSR count). The lowest BCUT2D eigenvalue weighted by Gasteiger charge is -2.31. The van der Waals surface area contributed by atoms with Crippen LogP contribution in [0.15, 0.2) is 23.1 Å². The summed E-state index contributed by atoms with van der Waals surface area (Å²) in [6, 6.07) is 3.71. The molecule has 2 saturated heterocycles. The first-order valence-corrected chi connectivity index (χ1v) is 11.5. The molecule has 3 N–H and O–H groups in total. The molecule has 166 valence electrons. The molecule has 0 aliphatic carbocycles. The van der Waals surface area contributed by atoms with Crippen molar-refractivity contribution in [3.05, 3.63) is 23.8 Å². The standard InChI is InChI=1S/C19H28N4O6S/c1-2-14-16(23-8-11-29-13-18(23)24)4-3-5-17(14)30(26,27)21-15(12-20)19(25)22-6-9-28-10-7-22/h3-5,15,21H,2,6-13,20H2,1H3/t15-/m0/s1. The fourth-order valence-electron chi connectivity index (χ4n) is 3.64. The van der Waals surface area contributed by atoms with E-state index in [-0.39, 0.29) is 29.9 Å². The summed E-state index contributed by atoms with van der Waals surface area (Å²) in [4.78, 5) is 28.1. The molecule has 0 unspecified atom stereocenters. The van der Waals surface area contributed by atoms with Crippen LogP contribution in [-0.4, -0.2) is 83.8 Å². The number of anilines is 1. The van der Waals surface area contributed by atoms with E-state index >= 15 is 0 Å². The average Bonchev–Trinajstić information content (AvgIpc) is 2.77. The van der Waals surface area contributed by atoms with Crippen LogP contribution in [-0.2, 0) is 35.5 Å². The maximum absolute atomic E-state index is 13.2. The number of hydrogen-bond donors (Lipinski definition) is 2. The SMILES string of the molecule is CCc1c(N2CCOCC2=O)cccc1S(=O)(=O)N[C@@H](CN)C(=O)N1CCOCC1. The van der Waals surface area contributed by atoms with E-state index in [0.29, 0.717) is 57.1 Å². The van der Waals surface area contributed by atoms with Crippen molar-refractivity contribution in [2.45, 2.75) is 24.3 Å². The second kappa shape index (κ2) is 9.84. The first kappa shape index (κ1) is 22.6. The molecular formula is C19H28N4O6S. The van der Waals surface area contributed by atoms with Crippen molar-refractivity contribution in [1.29, 1.82) is 0 Å². The molecule has 0 radical (unpaired) electrons. The number of amides is 2. The second-order valence-corrected chi connectivity index (χ2v) is 8.73. The molecule has 1 aromatic rings.